The Kier molecular flexibility index (Phi) is 11.2. The van der Waals surface area contributed by atoms with Crippen LogP contribution in [0, 0.1) is 0 Å². The van der Waals surface area contributed by atoms with Gasteiger partial charge >= 0.3 is 0 Å². The summed E-state index contributed by atoms with van der Waals surface area (Å²) in [5.74, 6) is 1.57. The molecular formula is C19H21Cl5N2O2. The fourth-order valence-corrected chi connectivity index (χ4v) is 3.36. The van der Waals surface area contributed by atoms with Gasteiger partial charge in [0.05, 0.1) is 28.0 Å². The Morgan fingerprint density at radius 1 is 1.07 bits per heavy atom. The average Bonchev–Trinajstić information content (AvgIpc) is 2.64. The van der Waals surface area contributed by atoms with Crippen LogP contribution >= 0.6 is 58.8 Å². The van der Waals surface area contributed by atoms with Crippen molar-refractivity contribution in [3.8, 4) is 11.5 Å². The summed E-state index contributed by atoms with van der Waals surface area (Å²) in [5, 5.41) is 9.93. The van der Waals surface area contributed by atoms with Crippen molar-refractivity contribution in [2.24, 2.45) is 4.99 Å². The van der Waals surface area contributed by atoms with E-state index in [-0.39, 0.29) is 28.2 Å². The quantitative estimate of drug-likeness (QED) is 0.323. The topological polar surface area (TPSA) is 45.1 Å². The molecule has 0 fully saturated rings. The van der Waals surface area contributed by atoms with Crippen LogP contribution in [-0.2, 0) is 0 Å². The van der Waals surface area contributed by atoms with Crippen molar-refractivity contribution in [1.82, 2.24) is 0 Å². The van der Waals surface area contributed by atoms with E-state index in [9.17, 15) is 5.11 Å². The number of phenolic OH excluding ortho intramolecular Hbond substituents is 1. The molecule has 0 heterocycles. The van der Waals surface area contributed by atoms with E-state index >= 15 is 0 Å². The maximum Gasteiger partial charge on any atom is 0.152 e. The summed E-state index contributed by atoms with van der Waals surface area (Å²) in [4.78, 5) is 6.46. The number of hydrogen-bond acceptors (Lipinski definition) is 4. The van der Waals surface area contributed by atoms with Crippen molar-refractivity contribution in [3.05, 3.63) is 45.9 Å². The van der Waals surface area contributed by atoms with Gasteiger partial charge in [0.2, 0.25) is 0 Å². The Bertz CT molecular complexity index is 773. The summed E-state index contributed by atoms with van der Waals surface area (Å²) in [5.41, 5.74) is 2.32. The average molecular weight is 487 g/mol. The number of ether oxygens (including phenoxy) is 1. The molecule has 0 spiro atoms. The maximum absolute atomic E-state index is 9.63. The van der Waals surface area contributed by atoms with Gasteiger partial charge in [0.15, 0.2) is 5.75 Å². The first-order valence-electron chi connectivity index (χ1n) is 8.36. The molecule has 0 aliphatic carbocycles. The van der Waals surface area contributed by atoms with Crippen LogP contribution in [0.25, 0.3) is 0 Å². The van der Waals surface area contributed by atoms with Crippen LogP contribution in [0.15, 0.2) is 35.3 Å². The molecule has 0 unspecified atom stereocenters. The third-order valence-electron chi connectivity index (χ3n) is 3.70. The lowest BCUT2D eigenvalue weighted by Gasteiger charge is -2.25. The highest BCUT2D eigenvalue weighted by Gasteiger charge is 2.12. The second-order valence-electron chi connectivity index (χ2n) is 5.54. The summed E-state index contributed by atoms with van der Waals surface area (Å²) in [6.07, 6.45) is 1.68. The van der Waals surface area contributed by atoms with Gasteiger partial charge in [0.25, 0.3) is 0 Å². The van der Waals surface area contributed by atoms with E-state index < -0.39 is 0 Å². The number of alkyl halides is 2. The van der Waals surface area contributed by atoms with Crippen LogP contribution in [0.5, 0.6) is 11.5 Å². The lowest BCUT2D eigenvalue weighted by atomic mass is 10.2. The Morgan fingerprint density at radius 3 is 2.21 bits per heavy atom. The monoisotopic (exact) mass is 484 g/mol. The van der Waals surface area contributed by atoms with Gasteiger partial charge in [-0.05, 0) is 36.8 Å². The number of rotatable bonds is 9. The summed E-state index contributed by atoms with van der Waals surface area (Å²) < 4.78 is 5.79. The molecule has 0 saturated heterocycles. The molecule has 0 saturated carbocycles. The summed E-state index contributed by atoms with van der Waals surface area (Å²) in [6, 6.07) is 8.88. The zero-order chi connectivity index (χ0) is 19.8. The minimum atomic E-state index is -0.154. The lowest BCUT2D eigenvalue weighted by Crippen LogP contribution is -2.28. The molecule has 2 aromatic carbocycles. The van der Waals surface area contributed by atoms with Crippen LogP contribution in [0.2, 0.25) is 10.0 Å². The Labute approximate surface area is 191 Å². The van der Waals surface area contributed by atoms with Crippen LogP contribution in [0.4, 0.5) is 11.4 Å². The van der Waals surface area contributed by atoms with Gasteiger partial charge in [-0.2, -0.15) is 0 Å². The van der Waals surface area contributed by atoms with Gasteiger partial charge in [0.1, 0.15) is 5.75 Å². The van der Waals surface area contributed by atoms with Crippen LogP contribution in [-0.4, -0.2) is 42.8 Å². The van der Waals surface area contributed by atoms with E-state index in [0.717, 1.165) is 17.0 Å². The van der Waals surface area contributed by atoms with Gasteiger partial charge in [0, 0.05) is 31.1 Å². The lowest BCUT2D eigenvalue weighted by molar-refractivity contribution is 0.340. The molecule has 0 aromatic heterocycles. The molecule has 4 nitrogen and oxygen atoms in total. The number of benzene rings is 2. The van der Waals surface area contributed by atoms with Crippen molar-refractivity contribution in [1.29, 1.82) is 0 Å². The molecule has 154 valence electrons. The van der Waals surface area contributed by atoms with Crippen molar-refractivity contribution >= 4 is 76.4 Å². The standard InChI is InChI=1S/C19H20Cl4N2O2.ClH/c1-2-27-18-9-13(3-4-17(18)25(7-5-20)8-6-21)12-24-14-10-15(22)19(26)16(23)11-14;/h3-4,9-12,26H,2,5-8H2,1H3;1H. The molecule has 9 heteroatoms. The largest absolute Gasteiger partial charge is 0.505 e. The summed E-state index contributed by atoms with van der Waals surface area (Å²) >= 11 is 23.7. The second-order valence-corrected chi connectivity index (χ2v) is 7.11. The minimum Gasteiger partial charge on any atom is -0.505 e. The molecule has 0 aliphatic heterocycles. The fraction of sp³-hybridized carbons (Fsp3) is 0.316. The first kappa shape index (κ1) is 25.0. The SMILES string of the molecule is CCOc1cc(C=Nc2cc(Cl)c(O)c(Cl)c2)ccc1N(CCCl)CCCl.Cl. The molecular weight excluding hydrogens is 465 g/mol. The summed E-state index contributed by atoms with van der Waals surface area (Å²) in [6.45, 7) is 3.81. The fourth-order valence-electron chi connectivity index (χ4n) is 2.48. The molecule has 0 bridgehead atoms. The molecule has 0 radical (unpaired) electrons. The Hall–Kier alpha value is -1.04. The van der Waals surface area contributed by atoms with Gasteiger partial charge in [-0.3, -0.25) is 4.99 Å². The van der Waals surface area contributed by atoms with E-state index in [2.05, 4.69) is 9.89 Å². The van der Waals surface area contributed by atoms with Crippen molar-refractivity contribution < 1.29 is 9.84 Å². The maximum atomic E-state index is 9.63. The number of halogens is 5. The van der Waals surface area contributed by atoms with E-state index in [4.69, 9.17) is 51.1 Å². The van der Waals surface area contributed by atoms with E-state index in [0.29, 0.717) is 37.1 Å². The first-order valence-corrected chi connectivity index (χ1v) is 10.2. The van der Waals surface area contributed by atoms with Crippen LogP contribution < -0.4 is 9.64 Å². The third kappa shape index (κ3) is 6.78. The third-order valence-corrected chi connectivity index (χ3v) is 4.61. The van der Waals surface area contributed by atoms with E-state index in [1.54, 1.807) is 18.3 Å². The first-order chi connectivity index (χ1) is 13.0. The molecule has 2 aromatic rings. The molecule has 1 N–H and O–H groups in total. The molecule has 0 aliphatic rings. The number of nitrogens with zero attached hydrogens (tertiary/aromatic N) is 2. The van der Waals surface area contributed by atoms with Crippen LogP contribution in [0.3, 0.4) is 0 Å². The molecule has 2 rings (SSSR count). The second kappa shape index (κ2) is 12.5. The van der Waals surface area contributed by atoms with E-state index in [1.165, 1.54) is 0 Å². The number of aliphatic imine (C=N–C) groups is 1. The number of phenols is 1. The normalized spacial score (nSPS) is 10.8. The van der Waals surface area contributed by atoms with Crippen LogP contribution in [0.1, 0.15) is 12.5 Å². The van der Waals surface area contributed by atoms with Crippen molar-refractivity contribution in [2.45, 2.75) is 6.92 Å². The predicted molar refractivity (Wildman–Crippen MR) is 124 cm³/mol. The zero-order valence-corrected chi connectivity index (χ0v) is 19.0. The number of anilines is 1. The smallest absolute Gasteiger partial charge is 0.152 e. The highest BCUT2D eigenvalue weighted by Crippen LogP contribution is 2.36. The number of aromatic hydroxyl groups is 1. The minimum absolute atomic E-state index is 0. The van der Waals surface area contributed by atoms with Crippen molar-refractivity contribution in [2.75, 3.05) is 36.4 Å². The Balaban J connectivity index is 0.00000392. The Morgan fingerprint density at radius 2 is 1.68 bits per heavy atom. The molecule has 0 atom stereocenters. The van der Waals surface area contributed by atoms with Gasteiger partial charge in [-0.1, -0.05) is 29.3 Å². The highest BCUT2D eigenvalue weighted by atomic mass is 35.5. The molecule has 28 heavy (non-hydrogen) atoms. The zero-order valence-electron chi connectivity index (χ0n) is 15.2. The van der Waals surface area contributed by atoms with Crippen molar-refractivity contribution in [3.63, 3.8) is 0 Å². The molecule has 0 amide bonds. The van der Waals surface area contributed by atoms with Gasteiger partial charge in [-0.15, -0.1) is 35.6 Å². The predicted octanol–water partition coefficient (Wildman–Crippen LogP) is 6.55. The summed E-state index contributed by atoms with van der Waals surface area (Å²) in [7, 11) is 0. The highest BCUT2D eigenvalue weighted by molar-refractivity contribution is 6.37. The number of hydrogen-bond donors (Lipinski definition) is 1. The van der Waals surface area contributed by atoms with Gasteiger partial charge < -0.3 is 14.7 Å². The van der Waals surface area contributed by atoms with E-state index in [1.807, 2.05) is 25.1 Å². The van der Waals surface area contributed by atoms with Gasteiger partial charge in [-0.25, -0.2) is 0 Å².